The molecule has 2 atom stereocenters. The second-order valence-corrected chi connectivity index (χ2v) is 5.87. The van der Waals surface area contributed by atoms with E-state index < -0.39 is 0 Å². The summed E-state index contributed by atoms with van der Waals surface area (Å²) in [4.78, 5) is 6.91. The minimum atomic E-state index is 0.552. The first kappa shape index (κ1) is 12.2. The quantitative estimate of drug-likeness (QED) is 0.885. The second kappa shape index (κ2) is 5.02. The van der Waals surface area contributed by atoms with Gasteiger partial charge < -0.3 is 10.3 Å². The molecular formula is C14H24N4. The van der Waals surface area contributed by atoms with E-state index in [2.05, 4.69) is 21.4 Å². The molecule has 4 heteroatoms. The number of likely N-dealkylation sites (tertiary alicyclic amines) is 1. The normalized spacial score (nSPS) is 29.7. The lowest BCUT2D eigenvalue weighted by Crippen LogP contribution is -2.48. The molecule has 1 aromatic heterocycles. The van der Waals surface area contributed by atoms with Crippen LogP contribution in [0.3, 0.4) is 0 Å². The topological polar surface area (TPSA) is 47.1 Å². The second-order valence-electron chi connectivity index (χ2n) is 5.87. The van der Waals surface area contributed by atoms with Crippen molar-refractivity contribution in [2.24, 2.45) is 5.73 Å². The Kier molecular flexibility index (Phi) is 3.39. The molecule has 0 amide bonds. The van der Waals surface area contributed by atoms with Crippen molar-refractivity contribution in [3.63, 3.8) is 0 Å². The summed E-state index contributed by atoms with van der Waals surface area (Å²) >= 11 is 0. The van der Waals surface area contributed by atoms with E-state index in [1.165, 1.54) is 37.8 Å². The standard InChI is InChI=1S/C14H24N4/c1-11-3-2-4-13(7-15)17(11)9-14-8-16-10-18(14)12-5-6-12/h8,10-13H,2-7,9,15H2,1H3. The zero-order chi connectivity index (χ0) is 12.5. The Morgan fingerprint density at radius 1 is 1.33 bits per heavy atom. The maximum Gasteiger partial charge on any atom is 0.0951 e. The van der Waals surface area contributed by atoms with E-state index in [-0.39, 0.29) is 0 Å². The average molecular weight is 248 g/mol. The Labute approximate surface area is 109 Å². The number of nitrogens with two attached hydrogens (primary N) is 1. The van der Waals surface area contributed by atoms with Crippen LogP contribution in [0.15, 0.2) is 12.5 Å². The number of aromatic nitrogens is 2. The number of hydrogen-bond acceptors (Lipinski definition) is 3. The molecule has 1 aliphatic carbocycles. The average Bonchev–Trinajstić information content (AvgIpc) is 3.12. The summed E-state index contributed by atoms with van der Waals surface area (Å²) in [6, 6.07) is 1.92. The highest BCUT2D eigenvalue weighted by Gasteiger charge is 2.30. The van der Waals surface area contributed by atoms with Gasteiger partial charge in [-0.05, 0) is 32.6 Å². The molecule has 0 aromatic carbocycles. The van der Waals surface area contributed by atoms with Gasteiger partial charge in [0.25, 0.3) is 0 Å². The summed E-state index contributed by atoms with van der Waals surface area (Å²) in [7, 11) is 0. The molecule has 2 unspecified atom stereocenters. The molecule has 0 bridgehead atoms. The van der Waals surface area contributed by atoms with Gasteiger partial charge in [-0.1, -0.05) is 6.42 Å². The van der Waals surface area contributed by atoms with Crippen molar-refractivity contribution < 1.29 is 0 Å². The van der Waals surface area contributed by atoms with Crippen molar-refractivity contribution in [2.45, 2.75) is 63.7 Å². The summed E-state index contributed by atoms with van der Waals surface area (Å²) in [5, 5.41) is 0. The summed E-state index contributed by atoms with van der Waals surface area (Å²) in [5.74, 6) is 0. The van der Waals surface area contributed by atoms with Crippen molar-refractivity contribution in [1.29, 1.82) is 0 Å². The predicted molar refractivity (Wildman–Crippen MR) is 72.2 cm³/mol. The highest BCUT2D eigenvalue weighted by atomic mass is 15.2. The van der Waals surface area contributed by atoms with Crippen LogP contribution >= 0.6 is 0 Å². The van der Waals surface area contributed by atoms with Gasteiger partial charge in [-0.2, -0.15) is 0 Å². The Balaban J connectivity index is 1.74. The van der Waals surface area contributed by atoms with Crippen LogP contribution in [-0.4, -0.2) is 33.1 Å². The van der Waals surface area contributed by atoms with E-state index >= 15 is 0 Å². The smallest absolute Gasteiger partial charge is 0.0951 e. The van der Waals surface area contributed by atoms with Gasteiger partial charge >= 0.3 is 0 Å². The van der Waals surface area contributed by atoms with Gasteiger partial charge in [-0.3, -0.25) is 4.90 Å². The fourth-order valence-electron chi connectivity index (χ4n) is 3.20. The summed E-state index contributed by atoms with van der Waals surface area (Å²) in [6.45, 7) is 4.13. The van der Waals surface area contributed by atoms with E-state index in [0.717, 1.165) is 19.1 Å². The minimum absolute atomic E-state index is 0.552. The first-order chi connectivity index (χ1) is 8.79. The number of rotatable bonds is 4. The summed E-state index contributed by atoms with van der Waals surface area (Å²) in [5.41, 5.74) is 7.30. The van der Waals surface area contributed by atoms with E-state index in [9.17, 15) is 0 Å². The largest absolute Gasteiger partial charge is 0.330 e. The molecule has 2 heterocycles. The van der Waals surface area contributed by atoms with Crippen LogP contribution in [-0.2, 0) is 6.54 Å². The molecular weight excluding hydrogens is 224 g/mol. The molecule has 2 N–H and O–H groups in total. The van der Waals surface area contributed by atoms with Crippen LogP contribution in [0, 0.1) is 0 Å². The lowest BCUT2D eigenvalue weighted by atomic mass is 9.96. The summed E-state index contributed by atoms with van der Waals surface area (Å²) < 4.78 is 2.37. The summed E-state index contributed by atoms with van der Waals surface area (Å²) in [6.07, 6.45) is 10.5. The first-order valence-corrected chi connectivity index (χ1v) is 7.26. The van der Waals surface area contributed by atoms with Gasteiger partial charge in [0.2, 0.25) is 0 Å². The molecule has 0 radical (unpaired) electrons. The van der Waals surface area contributed by atoms with Gasteiger partial charge in [-0.25, -0.2) is 4.98 Å². The predicted octanol–water partition coefficient (Wildman–Crippen LogP) is 1.92. The molecule has 100 valence electrons. The Morgan fingerprint density at radius 3 is 2.89 bits per heavy atom. The molecule has 1 saturated heterocycles. The minimum Gasteiger partial charge on any atom is -0.330 e. The van der Waals surface area contributed by atoms with Crippen LogP contribution < -0.4 is 5.73 Å². The molecule has 1 aromatic rings. The Hall–Kier alpha value is -0.870. The Morgan fingerprint density at radius 2 is 2.17 bits per heavy atom. The van der Waals surface area contributed by atoms with Crippen LogP contribution in [0.5, 0.6) is 0 Å². The van der Waals surface area contributed by atoms with Gasteiger partial charge in [0.1, 0.15) is 0 Å². The highest BCUT2D eigenvalue weighted by molar-refractivity contribution is 5.04. The van der Waals surface area contributed by atoms with Gasteiger partial charge in [0, 0.05) is 37.4 Å². The number of imidazole rings is 1. The Bertz CT molecular complexity index is 396. The van der Waals surface area contributed by atoms with Crippen LogP contribution in [0.1, 0.15) is 50.8 Å². The van der Waals surface area contributed by atoms with Gasteiger partial charge in [0.15, 0.2) is 0 Å². The van der Waals surface area contributed by atoms with Crippen molar-refractivity contribution in [1.82, 2.24) is 14.5 Å². The van der Waals surface area contributed by atoms with Crippen molar-refractivity contribution in [2.75, 3.05) is 6.54 Å². The molecule has 0 spiro atoms. The van der Waals surface area contributed by atoms with Crippen molar-refractivity contribution in [3.05, 3.63) is 18.2 Å². The number of hydrogen-bond donors (Lipinski definition) is 1. The third-order valence-electron chi connectivity index (χ3n) is 4.50. The number of piperidine rings is 1. The zero-order valence-corrected chi connectivity index (χ0v) is 11.3. The fraction of sp³-hybridized carbons (Fsp3) is 0.786. The maximum absolute atomic E-state index is 5.93. The lowest BCUT2D eigenvalue weighted by Gasteiger charge is -2.40. The third kappa shape index (κ3) is 2.31. The molecule has 1 aliphatic heterocycles. The van der Waals surface area contributed by atoms with Crippen molar-refractivity contribution >= 4 is 0 Å². The molecule has 2 fully saturated rings. The van der Waals surface area contributed by atoms with Gasteiger partial charge in [-0.15, -0.1) is 0 Å². The van der Waals surface area contributed by atoms with Crippen molar-refractivity contribution in [3.8, 4) is 0 Å². The molecule has 4 nitrogen and oxygen atoms in total. The molecule has 18 heavy (non-hydrogen) atoms. The van der Waals surface area contributed by atoms with E-state index in [1.807, 2.05) is 12.5 Å². The number of nitrogens with zero attached hydrogens (tertiary/aromatic N) is 3. The molecule has 2 aliphatic rings. The van der Waals surface area contributed by atoms with E-state index in [4.69, 9.17) is 5.73 Å². The van der Waals surface area contributed by atoms with Crippen LogP contribution in [0.25, 0.3) is 0 Å². The van der Waals surface area contributed by atoms with Gasteiger partial charge in [0.05, 0.1) is 12.0 Å². The fourth-order valence-corrected chi connectivity index (χ4v) is 3.20. The molecule has 3 rings (SSSR count). The maximum atomic E-state index is 5.93. The SMILES string of the molecule is CC1CCCC(CN)N1Cc1cncn1C1CC1. The third-order valence-corrected chi connectivity index (χ3v) is 4.50. The van der Waals surface area contributed by atoms with Crippen LogP contribution in [0.4, 0.5) is 0 Å². The lowest BCUT2D eigenvalue weighted by molar-refractivity contribution is 0.0865. The van der Waals surface area contributed by atoms with Crippen LogP contribution in [0.2, 0.25) is 0 Å². The monoisotopic (exact) mass is 248 g/mol. The highest BCUT2D eigenvalue weighted by Crippen LogP contribution is 2.36. The van der Waals surface area contributed by atoms with E-state index in [0.29, 0.717) is 12.1 Å². The molecule has 1 saturated carbocycles. The zero-order valence-electron chi connectivity index (χ0n) is 11.3. The first-order valence-electron chi connectivity index (χ1n) is 7.26. The van der Waals surface area contributed by atoms with E-state index in [1.54, 1.807) is 0 Å².